The lowest BCUT2D eigenvalue weighted by Gasteiger charge is -1.98. The molecule has 0 atom stereocenters. The van der Waals surface area contributed by atoms with Crippen molar-refractivity contribution in [3.8, 4) is 0 Å². The average Bonchev–Trinajstić information content (AvgIpc) is 2.63. The number of nitrogens with two attached hydrogens (primary N) is 1. The van der Waals surface area contributed by atoms with Crippen molar-refractivity contribution >= 4 is 16.7 Å². The molecule has 0 bridgehead atoms. The molecule has 13 heavy (non-hydrogen) atoms. The van der Waals surface area contributed by atoms with Gasteiger partial charge in [0, 0.05) is 22.7 Å². The highest BCUT2D eigenvalue weighted by Crippen LogP contribution is 2.17. The maximum atomic E-state index is 11.4. The third-order valence-corrected chi connectivity index (χ3v) is 2.08. The van der Waals surface area contributed by atoms with Crippen molar-refractivity contribution < 1.29 is 4.79 Å². The lowest BCUT2D eigenvalue weighted by molar-refractivity contribution is 0.100. The number of aromatic nitrogens is 1. The monoisotopic (exact) mass is 174 g/mol. The van der Waals surface area contributed by atoms with E-state index in [4.69, 9.17) is 5.73 Å². The first-order valence-electron chi connectivity index (χ1n) is 4.12. The highest BCUT2D eigenvalue weighted by molar-refractivity contribution is 6.08. The minimum absolute atomic E-state index is 0.0230. The van der Waals surface area contributed by atoms with E-state index >= 15 is 0 Å². The van der Waals surface area contributed by atoms with Crippen LogP contribution in [0.3, 0.4) is 0 Å². The molecule has 0 radical (unpaired) electrons. The number of carbonyl (C=O) groups excluding carboxylic acids is 1. The highest BCUT2D eigenvalue weighted by Gasteiger charge is 2.07. The molecule has 0 saturated carbocycles. The summed E-state index contributed by atoms with van der Waals surface area (Å²) in [5.41, 5.74) is 6.97. The summed E-state index contributed by atoms with van der Waals surface area (Å²) >= 11 is 0. The quantitative estimate of drug-likeness (QED) is 0.674. The van der Waals surface area contributed by atoms with Crippen molar-refractivity contribution in [3.63, 3.8) is 0 Å². The van der Waals surface area contributed by atoms with E-state index in [1.165, 1.54) is 0 Å². The number of H-pyrrole nitrogens is 1. The zero-order valence-corrected chi connectivity index (χ0v) is 7.08. The number of Topliss-reactive ketones (excluding diaryl/α,β-unsaturated/α-hetero) is 1. The molecule has 0 fully saturated rings. The molecule has 0 aliphatic heterocycles. The highest BCUT2D eigenvalue weighted by atomic mass is 16.1. The fourth-order valence-electron chi connectivity index (χ4n) is 1.44. The van der Waals surface area contributed by atoms with E-state index in [9.17, 15) is 4.79 Å². The topological polar surface area (TPSA) is 58.9 Å². The number of hydrogen-bond acceptors (Lipinski definition) is 2. The van der Waals surface area contributed by atoms with Crippen LogP contribution in [0.1, 0.15) is 10.4 Å². The summed E-state index contributed by atoms with van der Waals surface area (Å²) < 4.78 is 0. The summed E-state index contributed by atoms with van der Waals surface area (Å²) in [6, 6.07) is 7.47. The lowest BCUT2D eigenvalue weighted by atomic mass is 10.1. The van der Waals surface area contributed by atoms with Gasteiger partial charge in [0.2, 0.25) is 0 Å². The van der Waals surface area contributed by atoms with Gasteiger partial charge in [0.25, 0.3) is 0 Å². The zero-order valence-electron chi connectivity index (χ0n) is 7.08. The van der Waals surface area contributed by atoms with E-state index in [1.54, 1.807) is 6.07 Å². The van der Waals surface area contributed by atoms with Crippen LogP contribution in [-0.4, -0.2) is 17.3 Å². The zero-order chi connectivity index (χ0) is 9.26. The molecule has 1 aromatic heterocycles. The van der Waals surface area contributed by atoms with Crippen LogP contribution in [0.2, 0.25) is 0 Å². The second-order valence-electron chi connectivity index (χ2n) is 2.87. The van der Waals surface area contributed by atoms with Crippen LogP contribution in [-0.2, 0) is 0 Å². The first-order valence-corrected chi connectivity index (χ1v) is 4.12. The number of fused-ring (bicyclic) bond motifs is 1. The van der Waals surface area contributed by atoms with Crippen LogP contribution >= 0.6 is 0 Å². The first-order chi connectivity index (χ1) is 6.33. The molecule has 0 saturated heterocycles. The molecule has 66 valence electrons. The SMILES string of the molecule is NCC(=O)c1cccc2[nH]ccc12. The summed E-state index contributed by atoms with van der Waals surface area (Å²) in [7, 11) is 0. The van der Waals surface area contributed by atoms with Crippen molar-refractivity contribution in [2.45, 2.75) is 0 Å². The third kappa shape index (κ3) is 1.23. The van der Waals surface area contributed by atoms with Gasteiger partial charge in [-0.15, -0.1) is 0 Å². The van der Waals surface area contributed by atoms with Gasteiger partial charge in [0.1, 0.15) is 0 Å². The predicted molar refractivity (Wildman–Crippen MR) is 51.7 cm³/mol. The molecule has 3 N–H and O–H groups in total. The second-order valence-corrected chi connectivity index (χ2v) is 2.87. The average molecular weight is 174 g/mol. The molecule has 0 unspecified atom stereocenters. The standard InChI is InChI=1S/C10H10N2O/c11-6-10(13)8-2-1-3-9-7(8)4-5-12-9/h1-5,12H,6,11H2. The van der Waals surface area contributed by atoms with Crippen LogP contribution in [0, 0.1) is 0 Å². The van der Waals surface area contributed by atoms with Gasteiger partial charge in [-0.05, 0) is 12.1 Å². The predicted octanol–water partition coefficient (Wildman–Crippen LogP) is 1.31. The van der Waals surface area contributed by atoms with Gasteiger partial charge < -0.3 is 10.7 Å². The fourth-order valence-corrected chi connectivity index (χ4v) is 1.44. The van der Waals surface area contributed by atoms with Gasteiger partial charge in [0.05, 0.1) is 6.54 Å². The Balaban J connectivity index is 2.67. The summed E-state index contributed by atoms with van der Waals surface area (Å²) in [6.07, 6.45) is 1.82. The smallest absolute Gasteiger partial charge is 0.177 e. The van der Waals surface area contributed by atoms with Crippen LogP contribution in [0.4, 0.5) is 0 Å². The lowest BCUT2D eigenvalue weighted by Crippen LogP contribution is -2.13. The largest absolute Gasteiger partial charge is 0.361 e. The first kappa shape index (κ1) is 8.01. The summed E-state index contributed by atoms with van der Waals surface area (Å²) in [5.74, 6) is -0.0230. The molecule has 2 aromatic rings. The van der Waals surface area contributed by atoms with Crippen molar-refractivity contribution in [2.75, 3.05) is 6.54 Å². The summed E-state index contributed by atoms with van der Waals surface area (Å²) in [5, 5.41) is 0.943. The molecule has 3 heteroatoms. The number of hydrogen-bond donors (Lipinski definition) is 2. The van der Waals surface area contributed by atoms with Gasteiger partial charge in [-0.25, -0.2) is 0 Å². The van der Waals surface area contributed by atoms with E-state index in [-0.39, 0.29) is 12.3 Å². The van der Waals surface area contributed by atoms with Gasteiger partial charge in [0.15, 0.2) is 5.78 Å². The summed E-state index contributed by atoms with van der Waals surface area (Å²) in [4.78, 5) is 14.4. The molecule has 1 heterocycles. The number of nitrogens with one attached hydrogen (secondary N) is 1. The van der Waals surface area contributed by atoms with E-state index in [1.807, 2.05) is 24.4 Å². The third-order valence-electron chi connectivity index (χ3n) is 2.08. The molecule has 0 aliphatic carbocycles. The minimum Gasteiger partial charge on any atom is -0.361 e. The molecular formula is C10H10N2O. The number of carbonyl (C=O) groups is 1. The summed E-state index contributed by atoms with van der Waals surface area (Å²) in [6.45, 7) is 0.0598. The Morgan fingerprint density at radius 1 is 1.38 bits per heavy atom. The Hall–Kier alpha value is -1.61. The number of benzene rings is 1. The van der Waals surface area contributed by atoms with Crippen LogP contribution in [0.5, 0.6) is 0 Å². The van der Waals surface area contributed by atoms with Crippen LogP contribution in [0.15, 0.2) is 30.5 Å². The molecular weight excluding hydrogens is 164 g/mol. The molecule has 0 amide bonds. The number of ketones is 1. The Labute approximate surface area is 75.6 Å². The van der Waals surface area contributed by atoms with Gasteiger partial charge in [-0.2, -0.15) is 0 Å². The molecule has 0 spiro atoms. The number of rotatable bonds is 2. The number of aromatic amines is 1. The van der Waals surface area contributed by atoms with Crippen molar-refractivity contribution in [3.05, 3.63) is 36.0 Å². The van der Waals surface area contributed by atoms with Crippen molar-refractivity contribution in [2.24, 2.45) is 5.73 Å². The van der Waals surface area contributed by atoms with E-state index < -0.39 is 0 Å². The van der Waals surface area contributed by atoms with Gasteiger partial charge >= 0.3 is 0 Å². The Bertz CT molecular complexity index is 445. The Morgan fingerprint density at radius 3 is 3.00 bits per heavy atom. The van der Waals surface area contributed by atoms with Crippen molar-refractivity contribution in [1.82, 2.24) is 4.98 Å². The van der Waals surface area contributed by atoms with Gasteiger partial charge in [-0.3, -0.25) is 4.79 Å². The van der Waals surface area contributed by atoms with Crippen molar-refractivity contribution in [1.29, 1.82) is 0 Å². The minimum atomic E-state index is -0.0230. The Kier molecular flexibility index (Phi) is 1.87. The molecule has 2 rings (SSSR count). The molecule has 3 nitrogen and oxygen atoms in total. The maximum Gasteiger partial charge on any atom is 0.177 e. The van der Waals surface area contributed by atoms with Crippen LogP contribution < -0.4 is 5.73 Å². The van der Waals surface area contributed by atoms with Gasteiger partial charge in [-0.1, -0.05) is 12.1 Å². The normalized spacial score (nSPS) is 10.5. The van der Waals surface area contributed by atoms with Crippen LogP contribution in [0.25, 0.3) is 10.9 Å². The fraction of sp³-hybridized carbons (Fsp3) is 0.100. The van der Waals surface area contributed by atoms with E-state index in [0.717, 1.165) is 10.9 Å². The molecule has 1 aromatic carbocycles. The second kappa shape index (κ2) is 3.03. The van der Waals surface area contributed by atoms with E-state index in [2.05, 4.69) is 4.98 Å². The van der Waals surface area contributed by atoms with E-state index in [0.29, 0.717) is 5.56 Å². The maximum absolute atomic E-state index is 11.4. The molecule has 0 aliphatic rings. The Morgan fingerprint density at radius 2 is 2.23 bits per heavy atom.